The number of Topliss-reactive ketones (excluding diaryl/α,β-unsaturated/α-hetero) is 1. The number of cyclic esters (lactones) is 2. The molecule has 0 N–H and O–H groups in total. The van der Waals surface area contributed by atoms with E-state index in [0.717, 1.165) is 14.0 Å². The summed E-state index contributed by atoms with van der Waals surface area (Å²) in [5.41, 5.74) is -2.30. The van der Waals surface area contributed by atoms with E-state index < -0.39 is 34.9 Å². The van der Waals surface area contributed by atoms with Crippen LogP contribution in [0.2, 0.25) is 0 Å². The maximum absolute atomic E-state index is 11.7. The Morgan fingerprint density at radius 3 is 1.82 bits per heavy atom. The Morgan fingerprint density at radius 1 is 1.06 bits per heavy atom. The molecule has 0 bridgehead atoms. The maximum atomic E-state index is 11.7. The van der Waals surface area contributed by atoms with Gasteiger partial charge >= 0.3 is 17.9 Å². The summed E-state index contributed by atoms with van der Waals surface area (Å²) in [5, 5.41) is 0. The van der Waals surface area contributed by atoms with E-state index in [1.165, 1.54) is 13.8 Å². The lowest BCUT2D eigenvalue weighted by Crippen LogP contribution is -2.57. The highest BCUT2D eigenvalue weighted by Gasteiger charge is 2.60. The van der Waals surface area contributed by atoms with Crippen LogP contribution in [0.25, 0.3) is 0 Å². The van der Waals surface area contributed by atoms with Crippen LogP contribution < -0.4 is 0 Å². The van der Waals surface area contributed by atoms with Crippen LogP contribution >= 0.6 is 0 Å². The van der Waals surface area contributed by atoms with Crippen LogP contribution in [0.5, 0.6) is 0 Å². The Hall–Kier alpha value is -1.92. The van der Waals surface area contributed by atoms with Crippen molar-refractivity contribution in [2.45, 2.75) is 26.6 Å². The molecule has 94 valence electrons. The van der Waals surface area contributed by atoms with Gasteiger partial charge in [0.05, 0.1) is 7.11 Å². The maximum Gasteiger partial charge on any atom is 0.376 e. The Morgan fingerprint density at radius 2 is 1.47 bits per heavy atom. The van der Waals surface area contributed by atoms with E-state index in [4.69, 9.17) is 9.47 Å². The molecule has 0 aromatic heterocycles. The van der Waals surface area contributed by atoms with Crippen LogP contribution in [0.15, 0.2) is 0 Å². The molecule has 17 heavy (non-hydrogen) atoms. The van der Waals surface area contributed by atoms with Crippen molar-refractivity contribution in [3.8, 4) is 0 Å². The van der Waals surface area contributed by atoms with Crippen LogP contribution in [0.3, 0.4) is 0 Å². The molecule has 0 saturated carbocycles. The number of rotatable bonds is 2. The highest BCUT2D eigenvalue weighted by atomic mass is 16.7. The molecule has 1 fully saturated rings. The fourth-order valence-electron chi connectivity index (χ4n) is 1.24. The fourth-order valence-corrected chi connectivity index (χ4v) is 1.24. The second kappa shape index (κ2) is 3.83. The van der Waals surface area contributed by atoms with Gasteiger partial charge in [0.25, 0.3) is 11.6 Å². The molecule has 0 amide bonds. The van der Waals surface area contributed by atoms with Crippen molar-refractivity contribution < 1.29 is 33.4 Å². The van der Waals surface area contributed by atoms with E-state index in [0.29, 0.717) is 0 Å². The van der Waals surface area contributed by atoms with Gasteiger partial charge in [0, 0.05) is 13.8 Å². The molecule has 7 nitrogen and oxygen atoms in total. The van der Waals surface area contributed by atoms with Gasteiger partial charge in [0.2, 0.25) is 5.41 Å². The van der Waals surface area contributed by atoms with E-state index in [2.05, 4.69) is 4.74 Å². The quantitative estimate of drug-likeness (QED) is 0.369. The molecule has 1 aliphatic rings. The summed E-state index contributed by atoms with van der Waals surface area (Å²) < 4.78 is 13.7. The highest BCUT2D eigenvalue weighted by Crippen LogP contribution is 2.33. The van der Waals surface area contributed by atoms with Crippen molar-refractivity contribution in [3.05, 3.63) is 0 Å². The molecule has 0 aromatic rings. The SMILES string of the molecule is COC(=O)C(=O)C1(C)C(=O)OC(C)(C)OC1=O. The monoisotopic (exact) mass is 244 g/mol. The molecule has 7 heteroatoms. The number of hydrogen-bond donors (Lipinski definition) is 0. The number of ether oxygens (including phenoxy) is 3. The van der Waals surface area contributed by atoms with Gasteiger partial charge in [-0.3, -0.25) is 14.4 Å². The van der Waals surface area contributed by atoms with Gasteiger partial charge in [-0.1, -0.05) is 0 Å². The smallest absolute Gasteiger partial charge is 0.376 e. The number of hydrogen-bond acceptors (Lipinski definition) is 7. The van der Waals surface area contributed by atoms with Gasteiger partial charge in [0.1, 0.15) is 0 Å². The molecular weight excluding hydrogens is 232 g/mol. The molecule has 0 radical (unpaired) electrons. The Kier molecular flexibility index (Phi) is 2.96. The second-order valence-corrected chi connectivity index (χ2v) is 4.12. The normalized spacial score (nSPS) is 21.2. The van der Waals surface area contributed by atoms with E-state index in [1.807, 2.05) is 0 Å². The number of carbonyl (C=O) groups excluding carboxylic acids is 4. The lowest BCUT2D eigenvalue weighted by atomic mass is 9.84. The molecule has 0 spiro atoms. The summed E-state index contributed by atoms with van der Waals surface area (Å²) in [6, 6.07) is 0. The minimum Gasteiger partial charge on any atom is -0.463 e. The summed E-state index contributed by atoms with van der Waals surface area (Å²) in [7, 11) is 0.965. The molecule has 0 aromatic carbocycles. The van der Waals surface area contributed by atoms with Crippen molar-refractivity contribution in [1.29, 1.82) is 0 Å². The third-order valence-electron chi connectivity index (χ3n) is 2.32. The Labute approximate surface area is 97.0 Å². The Bertz CT molecular complexity index is 387. The first-order chi connectivity index (χ1) is 7.65. The molecule has 0 aliphatic carbocycles. The van der Waals surface area contributed by atoms with Crippen molar-refractivity contribution in [2.24, 2.45) is 5.41 Å². The predicted molar refractivity (Wildman–Crippen MR) is 51.4 cm³/mol. The van der Waals surface area contributed by atoms with Crippen LogP contribution in [-0.2, 0) is 33.4 Å². The predicted octanol–water partition coefficient (Wildman–Crippen LogP) is -0.429. The highest BCUT2D eigenvalue weighted by molar-refractivity contribution is 6.45. The molecule has 0 unspecified atom stereocenters. The van der Waals surface area contributed by atoms with Gasteiger partial charge < -0.3 is 14.2 Å². The topological polar surface area (TPSA) is 96.0 Å². The minimum absolute atomic E-state index is 0.964. The zero-order valence-corrected chi connectivity index (χ0v) is 9.86. The average molecular weight is 244 g/mol. The minimum atomic E-state index is -2.30. The van der Waals surface area contributed by atoms with E-state index >= 15 is 0 Å². The first-order valence-electron chi connectivity index (χ1n) is 4.75. The van der Waals surface area contributed by atoms with E-state index in [9.17, 15) is 19.2 Å². The van der Waals surface area contributed by atoms with Gasteiger partial charge in [-0.2, -0.15) is 0 Å². The van der Waals surface area contributed by atoms with Gasteiger partial charge in [-0.05, 0) is 6.92 Å². The zero-order valence-electron chi connectivity index (χ0n) is 9.86. The third kappa shape index (κ3) is 2.00. The number of methoxy groups -OCH3 is 1. The molecule has 1 heterocycles. The lowest BCUT2D eigenvalue weighted by Gasteiger charge is -2.36. The standard InChI is InChI=1S/C10H12O7/c1-9(2)16-7(13)10(3,8(14)17-9)5(11)6(12)15-4/h1-4H3. The molecular formula is C10H12O7. The first-order valence-corrected chi connectivity index (χ1v) is 4.75. The Balaban J connectivity index is 3.12. The van der Waals surface area contributed by atoms with Gasteiger partial charge in [-0.25, -0.2) is 4.79 Å². The molecule has 1 aliphatic heterocycles. The molecule has 1 saturated heterocycles. The summed E-state index contributed by atoms with van der Waals surface area (Å²) in [4.78, 5) is 46.0. The second-order valence-electron chi connectivity index (χ2n) is 4.12. The van der Waals surface area contributed by atoms with Crippen molar-refractivity contribution in [2.75, 3.05) is 7.11 Å². The third-order valence-corrected chi connectivity index (χ3v) is 2.32. The first kappa shape index (κ1) is 13.1. The molecule has 1 rings (SSSR count). The van der Waals surface area contributed by atoms with Crippen molar-refractivity contribution >= 4 is 23.7 Å². The lowest BCUT2D eigenvalue weighted by molar-refractivity contribution is -0.247. The summed E-state index contributed by atoms with van der Waals surface area (Å²) in [5.74, 6) is -6.33. The molecule has 0 atom stereocenters. The number of ketones is 1. The van der Waals surface area contributed by atoms with Crippen LogP contribution in [0.4, 0.5) is 0 Å². The number of esters is 3. The van der Waals surface area contributed by atoms with Gasteiger partial charge in [0.15, 0.2) is 0 Å². The fraction of sp³-hybridized carbons (Fsp3) is 0.600. The number of carbonyl (C=O) groups is 4. The van der Waals surface area contributed by atoms with Crippen LogP contribution in [0.1, 0.15) is 20.8 Å². The average Bonchev–Trinajstić information content (AvgIpc) is 2.22. The van der Waals surface area contributed by atoms with Crippen LogP contribution in [0, 0.1) is 5.41 Å². The zero-order chi connectivity index (χ0) is 13.4. The van der Waals surface area contributed by atoms with Crippen molar-refractivity contribution in [3.63, 3.8) is 0 Å². The van der Waals surface area contributed by atoms with Gasteiger partial charge in [-0.15, -0.1) is 0 Å². The van der Waals surface area contributed by atoms with E-state index in [1.54, 1.807) is 0 Å². The summed E-state index contributed by atoms with van der Waals surface area (Å²) in [6.07, 6.45) is 0. The summed E-state index contributed by atoms with van der Waals surface area (Å²) in [6.45, 7) is 3.64. The largest absolute Gasteiger partial charge is 0.463 e. The van der Waals surface area contributed by atoms with Crippen molar-refractivity contribution in [1.82, 2.24) is 0 Å². The van der Waals surface area contributed by atoms with Crippen LogP contribution in [-0.4, -0.2) is 36.6 Å². The van der Waals surface area contributed by atoms with E-state index in [-0.39, 0.29) is 0 Å². The summed E-state index contributed by atoms with van der Waals surface area (Å²) >= 11 is 0.